The van der Waals surface area contributed by atoms with Crippen LogP contribution in [0.5, 0.6) is 0 Å². The highest BCUT2D eigenvalue weighted by Crippen LogP contribution is 2.16. The van der Waals surface area contributed by atoms with Gasteiger partial charge in [0.15, 0.2) is 0 Å². The zero-order chi connectivity index (χ0) is 19.5. The average Bonchev–Trinajstić information content (AvgIpc) is 2.37. The fraction of sp³-hybridized carbons (Fsp3) is 0.611. The highest BCUT2D eigenvalue weighted by molar-refractivity contribution is 7.88. The van der Waals surface area contributed by atoms with Crippen molar-refractivity contribution in [3.8, 4) is 0 Å². The predicted molar refractivity (Wildman–Crippen MR) is 99.9 cm³/mol. The first-order valence-electron chi connectivity index (χ1n) is 8.21. The van der Waals surface area contributed by atoms with Crippen molar-refractivity contribution in [1.82, 2.24) is 9.62 Å². The van der Waals surface area contributed by atoms with E-state index in [4.69, 9.17) is 4.74 Å². The molecule has 0 saturated carbocycles. The van der Waals surface area contributed by atoms with E-state index in [2.05, 4.69) is 5.32 Å². The van der Waals surface area contributed by atoms with Gasteiger partial charge in [0.1, 0.15) is 5.60 Å². The molecule has 0 radical (unpaired) electrons. The Bertz CT molecular complexity index is 706. The number of alkyl carbamates (subject to hydrolysis) is 1. The molecule has 0 atom stereocenters. The van der Waals surface area contributed by atoms with Crippen molar-refractivity contribution in [2.75, 3.05) is 13.6 Å². The molecule has 1 N–H and O–H groups in total. The number of nitrogens with one attached hydrogen (secondary N) is 1. The number of benzene rings is 1. The van der Waals surface area contributed by atoms with Crippen molar-refractivity contribution in [3.05, 3.63) is 35.4 Å². The van der Waals surface area contributed by atoms with Crippen molar-refractivity contribution in [3.63, 3.8) is 0 Å². The molecule has 7 heteroatoms. The second-order valence-electron chi connectivity index (χ2n) is 7.95. The Balaban J connectivity index is 2.76. The van der Waals surface area contributed by atoms with Gasteiger partial charge in [-0.3, -0.25) is 0 Å². The zero-order valence-corrected chi connectivity index (χ0v) is 17.0. The fourth-order valence-electron chi connectivity index (χ4n) is 2.35. The van der Waals surface area contributed by atoms with Crippen molar-refractivity contribution in [2.24, 2.45) is 0 Å². The van der Waals surface area contributed by atoms with E-state index in [1.165, 1.54) is 11.4 Å². The Hall–Kier alpha value is -1.60. The number of likely N-dealkylation sites (N-methyl/N-ethyl adjacent to an activating group) is 1. The first-order chi connectivity index (χ1) is 11.2. The summed E-state index contributed by atoms with van der Waals surface area (Å²) in [6, 6.07) is 7.40. The number of hydrogen-bond donors (Lipinski definition) is 1. The maximum Gasteiger partial charge on any atom is 0.408 e. The van der Waals surface area contributed by atoms with Crippen LogP contribution in [0.4, 0.5) is 4.79 Å². The predicted octanol–water partition coefficient (Wildman–Crippen LogP) is 3.06. The lowest BCUT2D eigenvalue weighted by molar-refractivity contribution is 0.0464. The second kappa shape index (κ2) is 7.74. The van der Waals surface area contributed by atoms with Gasteiger partial charge in [0.25, 0.3) is 0 Å². The molecule has 0 spiro atoms. The van der Waals surface area contributed by atoms with E-state index in [1.54, 1.807) is 34.6 Å². The molecule has 25 heavy (non-hydrogen) atoms. The van der Waals surface area contributed by atoms with E-state index < -0.39 is 27.3 Å². The van der Waals surface area contributed by atoms with Crippen LogP contribution >= 0.6 is 0 Å². The standard InChI is InChI=1S/C18H30N2O4S/c1-14-10-8-9-11-15(14)12-25(22,23)20(7)13-18(5,6)19-16(21)24-17(2,3)4/h8-11H,12-13H2,1-7H3,(H,19,21). The van der Waals surface area contributed by atoms with Crippen LogP contribution in [0.25, 0.3) is 0 Å². The third kappa shape index (κ3) is 7.44. The minimum Gasteiger partial charge on any atom is -0.444 e. The quantitative estimate of drug-likeness (QED) is 0.835. The van der Waals surface area contributed by atoms with Gasteiger partial charge in [0, 0.05) is 13.6 Å². The second-order valence-corrected chi connectivity index (χ2v) is 10.0. The van der Waals surface area contributed by atoms with E-state index in [0.717, 1.165) is 11.1 Å². The average molecular weight is 371 g/mol. The molecule has 0 aromatic heterocycles. The molecular formula is C18H30N2O4S. The van der Waals surface area contributed by atoms with Gasteiger partial charge in [0.2, 0.25) is 10.0 Å². The van der Waals surface area contributed by atoms with E-state index in [0.29, 0.717) is 0 Å². The van der Waals surface area contributed by atoms with E-state index in [-0.39, 0.29) is 12.3 Å². The number of carbonyl (C=O) groups is 1. The third-order valence-corrected chi connectivity index (χ3v) is 5.29. The van der Waals surface area contributed by atoms with Crippen LogP contribution in [0.2, 0.25) is 0 Å². The zero-order valence-electron chi connectivity index (χ0n) is 16.2. The van der Waals surface area contributed by atoms with Gasteiger partial charge in [-0.15, -0.1) is 0 Å². The molecule has 0 bridgehead atoms. The third-order valence-electron chi connectivity index (χ3n) is 3.53. The van der Waals surface area contributed by atoms with Crippen LogP contribution in [0.3, 0.4) is 0 Å². The molecule has 1 aromatic carbocycles. The summed E-state index contributed by atoms with van der Waals surface area (Å²) in [6.45, 7) is 10.9. The van der Waals surface area contributed by atoms with Crippen molar-refractivity contribution in [1.29, 1.82) is 0 Å². The number of hydrogen-bond acceptors (Lipinski definition) is 4. The SMILES string of the molecule is Cc1ccccc1CS(=O)(=O)N(C)CC(C)(C)NC(=O)OC(C)(C)C. The number of amides is 1. The van der Waals surface area contributed by atoms with E-state index >= 15 is 0 Å². The van der Waals surface area contributed by atoms with Crippen molar-refractivity contribution in [2.45, 2.75) is 58.4 Å². The van der Waals surface area contributed by atoms with E-state index in [1.807, 2.05) is 31.2 Å². The molecule has 0 fully saturated rings. The number of carbonyl (C=O) groups excluding carboxylic acids is 1. The summed E-state index contributed by atoms with van der Waals surface area (Å²) in [7, 11) is -1.98. The number of sulfonamides is 1. The van der Waals surface area contributed by atoms with Gasteiger partial charge in [0.05, 0.1) is 11.3 Å². The lowest BCUT2D eigenvalue weighted by atomic mass is 10.1. The fourth-order valence-corrected chi connectivity index (χ4v) is 3.81. The van der Waals surface area contributed by atoms with E-state index in [9.17, 15) is 13.2 Å². The molecule has 6 nitrogen and oxygen atoms in total. The van der Waals surface area contributed by atoms with Crippen LogP contribution < -0.4 is 5.32 Å². The van der Waals surface area contributed by atoms with Crippen LogP contribution in [0.15, 0.2) is 24.3 Å². The van der Waals surface area contributed by atoms with Crippen molar-refractivity contribution >= 4 is 16.1 Å². The summed E-state index contributed by atoms with van der Waals surface area (Å²) >= 11 is 0. The monoisotopic (exact) mass is 370 g/mol. The van der Waals surface area contributed by atoms with Crippen molar-refractivity contribution < 1.29 is 17.9 Å². The molecule has 0 aliphatic heterocycles. The summed E-state index contributed by atoms with van der Waals surface area (Å²) in [6.07, 6.45) is -0.567. The van der Waals surface area contributed by atoms with Gasteiger partial charge in [-0.1, -0.05) is 24.3 Å². The highest BCUT2D eigenvalue weighted by Gasteiger charge is 2.30. The molecule has 1 aromatic rings. The Morgan fingerprint density at radius 2 is 1.72 bits per heavy atom. The smallest absolute Gasteiger partial charge is 0.408 e. The molecule has 0 aliphatic carbocycles. The Morgan fingerprint density at radius 1 is 1.16 bits per heavy atom. The molecule has 0 aliphatic rings. The molecule has 0 unspecified atom stereocenters. The maximum atomic E-state index is 12.6. The Labute approximate surface area is 151 Å². The number of aryl methyl sites for hydroxylation is 1. The van der Waals surface area contributed by atoms with Gasteiger partial charge in [-0.2, -0.15) is 0 Å². The van der Waals surface area contributed by atoms with Gasteiger partial charge in [-0.05, 0) is 52.7 Å². The summed E-state index contributed by atoms with van der Waals surface area (Å²) in [5.41, 5.74) is 0.330. The normalized spacial score (nSPS) is 13.0. The molecule has 1 amide bonds. The van der Waals surface area contributed by atoms with Crippen LogP contribution in [-0.4, -0.2) is 43.5 Å². The number of rotatable bonds is 6. The number of ether oxygens (including phenoxy) is 1. The van der Waals surface area contributed by atoms with Gasteiger partial charge >= 0.3 is 6.09 Å². The highest BCUT2D eigenvalue weighted by atomic mass is 32.2. The lowest BCUT2D eigenvalue weighted by Crippen LogP contribution is -2.53. The van der Waals surface area contributed by atoms with Crippen LogP contribution in [0, 0.1) is 6.92 Å². The first kappa shape index (κ1) is 21.4. The summed E-state index contributed by atoms with van der Waals surface area (Å²) in [5, 5.41) is 2.72. The van der Waals surface area contributed by atoms with Gasteiger partial charge < -0.3 is 10.1 Å². The first-order valence-corrected chi connectivity index (χ1v) is 9.82. The maximum absolute atomic E-state index is 12.6. The summed E-state index contributed by atoms with van der Waals surface area (Å²) in [4.78, 5) is 11.9. The number of nitrogens with zero attached hydrogens (tertiary/aromatic N) is 1. The Morgan fingerprint density at radius 3 is 2.24 bits per heavy atom. The largest absolute Gasteiger partial charge is 0.444 e. The topological polar surface area (TPSA) is 75.7 Å². The molecule has 0 heterocycles. The van der Waals surface area contributed by atoms with Gasteiger partial charge in [-0.25, -0.2) is 17.5 Å². The van der Waals surface area contributed by atoms with Crippen LogP contribution in [-0.2, 0) is 20.5 Å². The molecule has 0 saturated heterocycles. The van der Waals surface area contributed by atoms with Crippen LogP contribution in [0.1, 0.15) is 45.7 Å². The summed E-state index contributed by atoms with van der Waals surface area (Å²) in [5.74, 6) is -0.0707. The lowest BCUT2D eigenvalue weighted by Gasteiger charge is -2.32. The molecule has 1 rings (SSSR count). The summed E-state index contributed by atoms with van der Waals surface area (Å²) < 4.78 is 31.8. The minimum absolute atomic E-state index is 0.0707. The molecule has 142 valence electrons. The Kier molecular flexibility index (Phi) is 6.64. The minimum atomic E-state index is -3.50. The molecular weight excluding hydrogens is 340 g/mol.